The van der Waals surface area contributed by atoms with Gasteiger partial charge in [0.25, 0.3) is 0 Å². The summed E-state index contributed by atoms with van der Waals surface area (Å²) in [4.78, 5) is 45.6. The first kappa shape index (κ1) is 21.7. The molecular weight excluding hydrogens is 388 g/mol. The SMILES string of the molecule is CC(C)N(CC(=O)Nc1nc(CC(=O)N2CCCC2)cs1)C(=O)C1CCCCC1. The molecule has 7 nitrogen and oxygen atoms in total. The molecule has 2 aliphatic rings. The Kier molecular flexibility index (Phi) is 7.64. The van der Waals surface area contributed by atoms with Crippen molar-refractivity contribution in [3.63, 3.8) is 0 Å². The predicted octanol–water partition coefficient (Wildman–Crippen LogP) is 3.06. The molecular formula is C21H32N4O3S. The van der Waals surface area contributed by atoms with Crippen LogP contribution in [0.15, 0.2) is 5.38 Å². The lowest BCUT2D eigenvalue weighted by atomic mass is 9.88. The van der Waals surface area contributed by atoms with Gasteiger partial charge < -0.3 is 15.1 Å². The van der Waals surface area contributed by atoms with Crippen molar-refractivity contribution in [3.05, 3.63) is 11.1 Å². The van der Waals surface area contributed by atoms with Crippen molar-refractivity contribution < 1.29 is 14.4 Å². The van der Waals surface area contributed by atoms with Gasteiger partial charge in [-0.2, -0.15) is 0 Å². The summed E-state index contributed by atoms with van der Waals surface area (Å²) in [5.41, 5.74) is 0.682. The van der Waals surface area contributed by atoms with Gasteiger partial charge in [-0.25, -0.2) is 4.98 Å². The van der Waals surface area contributed by atoms with E-state index in [1.807, 2.05) is 24.1 Å². The van der Waals surface area contributed by atoms with Gasteiger partial charge in [-0.3, -0.25) is 14.4 Å². The lowest BCUT2D eigenvalue weighted by Gasteiger charge is -2.31. The number of carbonyl (C=O) groups excluding carboxylic acids is 3. The van der Waals surface area contributed by atoms with Crippen LogP contribution in [-0.4, -0.2) is 58.2 Å². The van der Waals surface area contributed by atoms with Crippen LogP contribution in [-0.2, 0) is 20.8 Å². The molecule has 3 amide bonds. The van der Waals surface area contributed by atoms with E-state index < -0.39 is 0 Å². The summed E-state index contributed by atoms with van der Waals surface area (Å²) >= 11 is 1.32. The monoisotopic (exact) mass is 420 g/mol. The fourth-order valence-corrected chi connectivity index (χ4v) is 4.82. The third-order valence-electron chi connectivity index (χ3n) is 5.76. The Morgan fingerprint density at radius 1 is 1.17 bits per heavy atom. The molecule has 0 spiro atoms. The molecule has 0 unspecified atom stereocenters. The molecule has 1 saturated heterocycles. The second-order valence-electron chi connectivity index (χ2n) is 8.35. The molecule has 29 heavy (non-hydrogen) atoms. The van der Waals surface area contributed by atoms with E-state index in [1.165, 1.54) is 17.8 Å². The van der Waals surface area contributed by atoms with Crippen molar-refractivity contribution in [1.29, 1.82) is 0 Å². The molecule has 0 aromatic carbocycles. The van der Waals surface area contributed by atoms with Crippen LogP contribution in [0.25, 0.3) is 0 Å². The van der Waals surface area contributed by atoms with Crippen LogP contribution in [0.4, 0.5) is 5.13 Å². The molecule has 3 rings (SSSR count). The molecule has 2 fully saturated rings. The number of carbonyl (C=O) groups is 3. The molecule has 1 saturated carbocycles. The van der Waals surface area contributed by atoms with Gasteiger partial charge in [0.15, 0.2) is 5.13 Å². The van der Waals surface area contributed by atoms with Crippen LogP contribution in [0, 0.1) is 5.92 Å². The van der Waals surface area contributed by atoms with Crippen LogP contribution in [0.3, 0.4) is 0 Å². The highest BCUT2D eigenvalue weighted by Gasteiger charge is 2.29. The summed E-state index contributed by atoms with van der Waals surface area (Å²) in [5, 5.41) is 5.09. The summed E-state index contributed by atoms with van der Waals surface area (Å²) in [7, 11) is 0. The highest BCUT2D eigenvalue weighted by Crippen LogP contribution is 2.26. The number of aromatic nitrogens is 1. The van der Waals surface area contributed by atoms with Gasteiger partial charge >= 0.3 is 0 Å². The maximum Gasteiger partial charge on any atom is 0.245 e. The smallest absolute Gasteiger partial charge is 0.245 e. The van der Waals surface area contributed by atoms with E-state index >= 15 is 0 Å². The van der Waals surface area contributed by atoms with Crippen molar-refractivity contribution in [2.24, 2.45) is 5.92 Å². The van der Waals surface area contributed by atoms with Gasteiger partial charge in [-0.15, -0.1) is 11.3 Å². The number of hydrogen-bond donors (Lipinski definition) is 1. The maximum absolute atomic E-state index is 12.9. The summed E-state index contributed by atoms with van der Waals surface area (Å²) in [5.74, 6) is -0.0164. The highest BCUT2D eigenvalue weighted by atomic mass is 32.1. The number of nitrogens with zero attached hydrogens (tertiary/aromatic N) is 3. The van der Waals surface area contributed by atoms with Gasteiger partial charge in [0, 0.05) is 30.4 Å². The highest BCUT2D eigenvalue weighted by molar-refractivity contribution is 7.13. The van der Waals surface area contributed by atoms with E-state index in [-0.39, 0.29) is 42.6 Å². The number of anilines is 1. The zero-order valence-electron chi connectivity index (χ0n) is 17.5. The van der Waals surface area contributed by atoms with Crippen molar-refractivity contribution in [2.75, 3.05) is 25.0 Å². The Hall–Kier alpha value is -1.96. The van der Waals surface area contributed by atoms with Crippen LogP contribution in [0.5, 0.6) is 0 Å². The predicted molar refractivity (Wildman–Crippen MR) is 114 cm³/mol. The molecule has 1 aliphatic carbocycles. The van der Waals surface area contributed by atoms with Crippen LogP contribution >= 0.6 is 11.3 Å². The second-order valence-corrected chi connectivity index (χ2v) is 9.21. The Morgan fingerprint density at radius 3 is 2.52 bits per heavy atom. The average Bonchev–Trinajstić information content (AvgIpc) is 3.38. The van der Waals surface area contributed by atoms with Gasteiger partial charge in [0.1, 0.15) is 6.54 Å². The molecule has 1 N–H and O–H groups in total. The standard InChI is InChI=1S/C21H32N4O3S/c1-15(2)25(20(28)16-8-4-3-5-9-16)13-18(26)23-21-22-17(14-29-21)12-19(27)24-10-6-7-11-24/h14-16H,3-13H2,1-2H3,(H,22,23,26). The topological polar surface area (TPSA) is 82.6 Å². The molecule has 1 aliphatic heterocycles. The number of hydrogen-bond acceptors (Lipinski definition) is 5. The van der Waals surface area contributed by atoms with E-state index in [1.54, 1.807) is 4.90 Å². The summed E-state index contributed by atoms with van der Waals surface area (Å²) in [6, 6.07) is -0.0277. The molecule has 0 radical (unpaired) electrons. The normalized spacial score (nSPS) is 17.6. The molecule has 1 aromatic rings. The van der Waals surface area contributed by atoms with Crippen molar-refractivity contribution in [3.8, 4) is 0 Å². The number of rotatable bonds is 7. The number of likely N-dealkylation sites (tertiary alicyclic amines) is 1. The van der Waals surface area contributed by atoms with E-state index in [2.05, 4.69) is 10.3 Å². The molecule has 0 atom stereocenters. The first-order valence-electron chi connectivity index (χ1n) is 10.8. The van der Waals surface area contributed by atoms with E-state index in [4.69, 9.17) is 0 Å². The fourth-order valence-electron chi connectivity index (χ4n) is 4.09. The minimum atomic E-state index is -0.241. The summed E-state index contributed by atoms with van der Waals surface area (Å²) in [6.45, 7) is 5.58. The molecule has 2 heterocycles. The van der Waals surface area contributed by atoms with E-state index in [9.17, 15) is 14.4 Å². The lowest BCUT2D eigenvalue weighted by Crippen LogP contribution is -2.45. The third-order valence-corrected chi connectivity index (χ3v) is 6.57. The first-order chi connectivity index (χ1) is 13.9. The Labute approximate surface area is 176 Å². The first-order valence-corrected chi connectivity index (χ1v) is 11.6. The molecule has 8 heteroatoms. The van der Waals surface area contributed by atoms with Crippen molar-refractivity contribution in [2.45, 2.75) is 71.3 Å². The molecule has 160 valence electrons. The Morgan fingerprint density at radius 2 is 1.86 bits per heavy atom. The van der Waals surface area contributed by atoms with E-state index in [0.717, 1.165) is 51.6 Å². The van der Waals surface area contributed by atoms with Crippen LogP contribution < -0.4 is 5.32 Å². The molecule has 1 aromatic heterocycles. The van der Waals surface area contributed by atoms with Crippen molar-refractivity contribution >= 4 is 34.2 Å². The van der Waals surface area contributed by atoms with Gasteiger partial charge in [0.2, 0.25) is 17.7 Å². The average molecular weight is 421 g/mol. The second kappa shape index (κ2) is 10.2. The number of amides is 3. The Bertz CT molecular complexity index is 721. The minimum absolute atomic E-state index is 0.0277. The number of nitrogens with one attached hydrogen (secondary N) is 1. The summed E-state index contributed by atoms with van der Waals surface area (Å²) in [6.07, 6.45) is 7.61. The van der Waals surface area contributed by atoms with Gasteiger partial charge in [0.05, 0.1) is 12.1 Å². The minimum Gasteiger partial charge on any atom is -0.342 e. The summed E-state index contributed by atoms with van der Waals surface area (Å²) < 4.78 is 0. The van der Waals surface area contributed by atoms with E-state index in [0.29, 0.717) is 10.8 Å². The zero-order valence-corrected chi connectivity index (χ0v) is 18.3. The van der Waals surface area contributed by atoms with Crippen molar-refractivity contribution in [1.82, 2.24) is 14.8 Å². The van der Waals surface area contributed by atoms with Gasteiger partial charge in [-0.05, 0) is 39.5 Å². The fraction of sp³-hybridized carbons (Fsp3) is 0.714. The number of thiazole rings is 1. The largest absolute Gasteiger partial charge is 0.342 e. The van der Waals surface area contributed by atoms with Crippen LogP contribution in [0.2, 0.25) is 0 Å². The van der Waals surface area contributed by atoms with Gasteiger partial charge in [-0.1, -0.05) is 19.3 Å². The zero-order chi connectivity index (χ0) is 20.8. The van der Waals surface area contributed by atoms with Crippen LogP contribution in [0.1, 0.15) is 64.5 Å². The third kappa shape index (κ3) is 6.01. The Balaban J connectivity index is 1.52. The molecule has 0 bridgehead atoms. The maximum atomic E-state index is 12.9. The lowest BCUT2D eigenvalue weighted by molar-refractivity contribution is -0.141. The quantitative estimate of drug-likeness (QED) is 0.735.